The van der Waals surface area contributed by atoms with E-state index in [2.05, 4.69) is 33.7 Å². The Bertz CT molecular complexity index is 1020. The first kappa shape index (κ1) is 21.0. The van der Waals surface area contributed by atoms with Crippen molar-refractivity contribution in [1.82, 2.24) is 24.5 Å². The molecular formula is C21H27ClN6O2. The van der Waals surface area contributed by atoms with Gasteiger partial charge in [-0.25, -0.2) is 15.0 Å². The summed E-state index contributed by atoms with van der Waals surface area (Å²) in [5, 5.41) is 9.55. The Balaban J connectivity index is 1.57. The van der Waals surface area contributed by atoms with Gasteiger partial charge in [-0.2, -0.15) is 0 Å². The molecule has 0 spiro atoms. The number of alkyl halides is 1. The molecular weight excluding hydrogens is 404 g/mol. The van der Waals surface area contributed by atoms with Crippen molar-refractivity contribution in [2.24, 2.45) is 0 Å². The molecule has 4 rings (SSSR count). The molecule has 8 nitrogen and oxygen atoms in total. The van der Waals surface area contributed by atoms with Crippen molar-refractivity contribution in [3.63, 3.8) is 0 Å². The lowest BCUT2D eigenvalue weighted by Gasteiger charge is -2.34. The van der Waals surface area contributed by atoms with Gasteiger partial charge in [0.1, 0.15) is 17.9 Å². The third-order valence-corrected chi connectivity index (χ3v) is 5.91. The van der Waals surface area contributed by atoms with Crippen LogP contribution < -0.4 is 4.90 Å². The first-order valence-corrected chi connectivity index (χ1v) is 10.6. The largest absolute Gasteiger partial charge is 0.388 e. The minimum Gasteiger partial charge on any atom is -0.388 e. The van der Waals surface area contributed by atoms with Crippen LogP contribution in [-0.2, 0) is 17.8 Å². The van der Waals surface area contributed by atoms with Crippen molar-refractivity contribution in [3.8, 4) is 0 Å². The van der Waals surface area contributed by atoms with Crippen LogP contribution in [0.1, 0.15) is 43.5 Å². The van der Waals surface area contributed by atoms with E-state index in [9.17, 15) is 5.11 Å². The third-order valence-electron chi connectivity index (χ3n) is 5.49. The number of hydrogen-bond acceptors (Lipinski definition) is 7. The van der Waals surface area contributed by atoms with Crippen LogP contribution in [0.15, 0.2) is 24.5 Å². The molecule has 0 amide bonds. The van der Waals surface area contributed by atoms with Crippen LogP contribution in [0.3, 0.4) is 0 Å². The summed E-state index contributed by atoms with van der Waals surface area (Å²) in [5.41, 5.74) is 3.55. The normalized spacial score (nSPS) is 19.7. The summed E-state index contributed by atoms with van der Waals surface area (Å²) in [6.07, 6.45) is 5.05. The van der Waals surface area contributed by atoms with Gasteiger partial charge in [0.2, 0.25) is 5.95 Å². The zero-order valence-corrected chi connectivity index (χ0v) is 18.2. The van der Waals surface area contributed by atoms with E-state index in [1.54, 1.807) is 19.5 Å². The molecule has 2 atom stereocenters. The van der Waals surface area contributed by atoms with Crippen molar-refractivity contribution in [2.75, 3.05) is 25.1 Å². The highest BCUT2D eigenvalue weighted by Gasteiger charge is 2.29. The van der Waals surface area contributed by atoms with Crippen molar-refractivity contribution in [3.05, 3.63) is 41.7 Å². The molecule has 3 aromatic rings. The number of aliphatic hydroxyl groups excluding tert-OH is 1. The van der Waals surface area contributed by atoms with Crippen LogP contribution in [0.25, 0.3) is 11.0 Å². The zero-order chi connectivity index (χ0) is 21.3. The second-order valence-corrected chi connectivity index (χ2v) is 8.42. The minimum absolute atomic E-state index is 0.0663. The number of hydrogen-bond donors (Lipinski definition) is 1. The molecule has 1 fully saturated rings. The van der Waals surface area contributed by atoms with Crippen LogP contribution >= 0.6 is 11.6 Å². The summed E-state index contributed by atoms with van der Waals surface area (Å²) < 4.78 is 7.48. The quantitative estimate of drug-likeness (QED) is 0.601. The number of imidazole rings is 1. The topological polar surface area (TPSA) is 89.2 Å². The number of rotatable bonds is 6. The van der Waals surface area contributed by atoms with Gasteiger partial charge in [0.25, 0.3) is 0 Å². The number of nitrogens with zero attached hydrogens (tertiary/aromatic N) is 6. The van der Waals surface area contributed by atoms with Crippen molar-refractivity contribution < 1.29 is 9.84 Å². The fraction of sp³-hybridized carbons (Fsp3) is 0.524. The molecule has 1 saturated heterocycles. The summed E-state index contributed by atoms with van der Waals surface area (Å²) in [5.74, 6) is 1.34. The molecule has 0 unspecified atom stereocenters. The van der Waals surface area contributed by atoms with E-state index in [0.29, 0.717) is 24.7 Å². The van der Waals surface area contributed by atoms with Gasteiger partial charge in [-0.05, 0) is 32.4 Å². The molecule has 1 aliphatic heterocycles. The third kappa shape index (κ3) is 4.12. The van der Waals surface area contributed by atoms with E-state index in [1.165, 1.54) is 0 Å². The van der Waals surface area contributed by atoms with Crippen LogP contribution in [0.4, 0.5) is 5.95 Å². The van der Waals surface area contributed by atoms with Gasteiger partial charge in [-0.1, -0.05) is 0 Å². The Kier molecular flexibility index (Phi) is 6.17. The lowest BCUT2D eigenvalue weighted by atomic mass is 10.1. The molecule has 9 heteroatoms. The van der Waals surface area contributed by atoms with E-state index >= 15 is 0 Å². The fourth-order valence-electron chi connectivity index (χ4n) is 4.03. The Morgan fingerprint density at radius 2 is 2.10 bits per heavy atom. The number of aliphatic hydroxyl groups is 1. The number of aromatic nitrogens is 5. The molecule has 3 aromatic heterocycles. The predicted molar refractivity (Wildman–Crippen MR) is 116 cm³/mol. The van der Waals surface area contributed by atoms with Crippen molar-refractivity contribution >= 4 is 28.6 Å². The molecule has 4 heterocycles. The average molecular weight is 431 g/mol. The summed E-state index contributed by atoms with van der Waals surface area (Å²) in [6.45, 7) is 5.53. The van der Waals surface area contributed by atoms with Crippen LogP contribution in [0.2, 0.25) is 0 Å². The van der Waals surface area contributed by atoms with Gasteiger partial charge in [-0.15, -0.1) is 11.6 Å². The number of piperidine rings is 1. The maximum absolute atomic E-state index is 9.64. The number of pyridine rings is 1. The molecule has 0 bridgehead atoms. The lowest BCUT2D eigenvalue weighted by molar-refractivity contribution is 0.0848. The van der Waals surface area contributed by atoms with Crippen LogP contribution in [0, 0.1) is 0 Å². The van der Waals surface area contributed by atoms with Crippen LogP contribution in [-0.4, -0.2) is 61.3 Å². The Labute approximate surface area is 180 Å². The molecule has 1 aliphatic rings. The molecule has 0 saturated carbocycles. The maximum atomic E-state index is 9.64. The highest BCUT2D eigenvalue weighted by Crippen LogP contribution is 2.24. The smallest absolute Gasteiger partial charge is 0.225 e. The first-order valence-electron chi connectivity index (χ1n) is 10.2. The second kappa shape index (κ2) is 8.83. The monoisotopic (exact) mass is 430 g/mol. The Morgan fingerprint density at radius 1 is 1.27 bits per heavy atom. The molecule has 0 radical (unpaired) electrons. The second-order valence-electron chi connectivity index (χ2n) is 7.86. The fourth-order valence-corrected chi connectivity index (χ4v) is 4.42. The zero-order valence-electron chi connectivity index (χ0n) is 17.5. The van der Waals surface area contributed by atoms with E-state index in [-0.39, 0.29) is 24.1 Å². The van der Waals surface area contributed by atoms with E-state index in [4.69, 9.17) is 21.3 Å². The van der Waals surface area contributed by atoms with Crippen molar-refractivity contribution in [2.45, 2.75) is 50.8 Å². The average Bonchev–Trinajstić information content (AvgIpc) is 3.12. The molecule has 30 heavy (non-hydrogen) atoms. The van der Waals surface area contributed by atoms with Gasteiger partial charge in [0.15, 0.2) is 0 Å². The molecule has 0 aromatic carbocycles. The van der Waals surface area contributed by atoms with E-state index < -0.39 is 0 Å². The van der Waals surface area contributed by atoms with Gasteiger partial charge in [0.05, 0.1) is 28.9 Å². The van der Waals surface area contributed by atoms with Crippen LogP contribution in [0.5, 0.6) is 0 Å². The molecule has 1 N–H and O–H groups in total. The molecule has 160 valence electrons. The van der Waals surface area contributed by atoms with Gasteiger partial charge >= 0.3 is 0 Å². The highest BCUT2D eigenvalue weighted by molar-refractivity contribution is 6.21. The Morgan fingerprint density at radius 3 is 2.80 bits per heavy atom. The van der Waals surface area contributed by atoms with Crippen molar-refractivity contribution in [1.29, 1.82) is 0 Å². The summed E-state index contributed by atoms with van der Waals surface area (Å²) in [6, 6.07) is 4.13. The standard InChI is InChI=1S/C21H27ClN6O2/c1-13(2)28-18-9-15(24-10-17(18)26-20(28)12-29)8-14-4-6-23-21(25-14)27-7-5-19(30-3)16(22)11-27/h4,6,9-10,13,16,19,29H,5,7-8,11-12H2,1-3H3/t16-,19+/m0/s1. The Hall–Kier alpha value is -2.29. The van der Waals surface area contributed by atoms with E-state index in [0.717, 1.165) is 35.4 Å². The highest BCUT2D eigenvalue weighted by atomic mass is 35.5. The predicted octanol–water partition coefficient (Wildman–Crippen LogP) is 2.72. The number of halogens is 1. The number of ether oxygens (including phenoxy) is 1. The van der Waals surface area contributed by atoms with Gasteiger partial charge in [-0.3, -0.25) is 4.98 Å². The number of methoxy groups -OCH3 is 1. The van der Waals surface area contributed by atoms with Gasteiger partial charge in [0, 0.05) is 44.6 Å². The first-order chi connectivity index (χ1) is 14.5. The summed E-state index contributed by atoms with van der Waals surface area (Å²) >= 11 is 6.45. The van der Waals surface area contributed by atoms with Gasteiger partial charge < -0.3 is 19.3 Å². The maximum Gasteiger partial charge on any atom is 0.225 e. The summed E-state index contributed by atoms with van der Waals surface area (Å²) in [4.78, 5) is 20.3. The number of fused-ring (bicyclic) bond motifs is 1. The summed E-state index contributed by atoms with van der Waals surface area (Å²) in [7, 11) is 1.70. The molecule has 0 aliphatic carbocycles. The SMILES string of the molecule is CO[C@@H]1CCN(c2nccc(Cc3cc4c(cn3)nc(CO)n4C(C)C)n2)C[C@@H]1Cl. The minimum atomic E-state index is -0.0984. The number of anilines is 1. The van der Waals surface area contributed by atoms with E-state index in [1.807, 2.05) is 16.7 Å². The lowest BCUT2D eigenvalue weighted by Crippen LogP contribution is -2.45.